The molecule has 8 heteroatoms. The highest BCUT2D eigenvalue weighted by Crippen LogP contribution is 2.31. The van der Waals surface area contributed by atoms with Crippen LogP contribution in [0.5, 0.6) is 0 Å². The quantitative estimate of drug-likeness (QED) is 0.756. The van der Waals surface area contributed by atoms with Gasteiger partial charge in [-0.05, 0) is 42.7 Å². The van der Waals surface area contributed by atoms with Crippen LogP contribution in [0.25, 0.3) is 11.4 Å². The van der Waals surface area contributed by atoms with Crippen LogP contribution in [-0.2, 0) is 23.0 Å². The fourth-order valence-electron chi connectivity index (χ4n) is 3.20. The summed E-state index contributed by atoms with van der Waals surface area (Å²) < 4.78 is 28.4. The molecule has 0 radical (unpaired) electrons. The Hall–Kier alpha value is -2.71. The zero-order chi connectivity index (χ0) is 18.3. The summed E-state index contributed by atoms with van der Waals surface area (Å²) in [6.45, 7) is 3.23. The van der Waals surface area contributed by atoms with E-state index in [9.17, 15) is 8.42 Å². The molecule has 2 heterocycles. The molecule has 2 aromatic carbocycles. The summed E-state index contributed by atoms with van der Waals surface area (Å²) in [5.41, 5.74) is 3.95. The molecule has 0 bridgehead atoms. The minimum Gasteiger partial charge on any atom is -0.362 e. The van der Waals surface area contributed by atoms with Crippen molar-refractivity contribution in [2.75, 3.05) is 11.4 Å². The van der Waals surface area contributed by atoms with Gasteiger partial charge in [0.1, 0.15) is 0 Å². The van der Waals surface area contributed by atoms with E-state index >= 15 is 0 Å². The molecule has 134 valence electrons. The number of anilines is 1. The Kier molecular flexibility index (Phi) is 4.01. The van der Waals surface area contributed by atoms with Crippen molar-refractivity contribution in [3.63, 3.8) is 0 Å². The zero-order valence-electron chi connectivity index (χ0n) is 14.2. The van der Waals surface area contributed by atoms with E-state index in [1.165, 1.54) is 6.07 Å². The third kappa shape index (κ3) is 3.09. The van der Waals surface area contributed by atoms with Gasteiger partial charge in [0.25, 0.3) is 0 Å². The van der Waals surface area contributed by atoms with Gasteiger partial charge in [0.15, 0.2) is 0 Å². The Morgan fingerprint density at radius 1 is 1.23 bits per heavy atom. The van der Waals surface area contributed by atoms with Crippen molar-refractivity contribution in [2.24, 2.45) is 5.14 Å². The minimum absolute atomic E-state index is 0.137. The van der Waals surface area contributed by atoms with E-state index in [0.29, 0.717) is 18.3 Å². The molecule has 0 amide bonds. The Bertz CT molecular complexity index is 1080. The van der Waals surface area contributed by atoms with Gasteiger partial charge in [-0.2, -0.15) is 4.98 Å². The number of fused-ring (bicyclic) bond motifs is 1. The van der Waals surface area contributed by atoms with E-state index in [0.717, 1.165) is 35.3 Å². The fourth-order valence-corrected chi connectivity index (χ4v) is 3.77. The normalized spacial score (nSPS) is 13.8. The van der Waals surface area contributed by atoms with E-state index in [-0.39, 0.29) is 4.90 Å². The standard InChI is InChI=1S/C18H18N4O3S/c1-12-4-2-3-5-15(12)18-20-17(25-21-18)11-22-9-8-13-10-14(26(19,23)24)6-7-16(13)22/h2-7,10H,8-9,11H2,1H3,(H2,19,23,24). The zero-order valence-corrected chi connectivity index (χ0v) is 15.0. The van der Waals surface area contributed by atoms with Crippen molar-refractivity contribution in [3.8, 4) is 11.4 Å². The summed E-state index contributed by atoms with van der Waals surface area (Å²) in [7, 11) is -3.69. The van der Waals surface area contributed by atoms with Crippen molar-refractivity contribution in [2.45, 2.75) is 24.8 Å². The Balaban J connectivity index is 1.57. The number of nitrogens with zero attached hydrogens (tertiary/aromatic N) is 3. The molecule has 2 N–H and O–H groups in total. The first-order valence-corrected chi connectivity index (χ1v) is 9.76. The number of aromatic nitrogens is 2. The van der Waals surface area contributed by atoms with Crippen LogP contribution in [0, 0.1) is 6.92 Å². The minimum atomic E-state index is -3.69. The number of rotatable bonds is 4. The Morgan fingerprint density at radius 2 is 2.04 bits per heavy atom. The van der Waals surface area contributed by atoms with Gasteiger partial charge in [-0.1, -0.05) is 29.4 Å². The average molecular weight is 370 g/mol. The van der Waals surface area contributed by atoms with E-state index in [1.54, 1.807) is 12.1 Å². The van der Waals surface area contributed by atoms with Gasteiger partial charge >= 0.3 is 0 Å². The summed E-state index contributed by atoms with van der Waals surface area (Å²) in [6.07, 6.45) is 0.748. The van der Waals surface area contributed by atoms with Crippen molar-refractivity contribution >= 4 is 15.7 Å². The molecule has 0 fully saturated rings. The highest BCUT2D eigenvalue weighted by atomic mass is 32.2. The highest BCUT2D eigenvalue weighted by Gasteiger charge is 2.23. The van der Waals surface area contributed by atoms with Gasteiger partial charge < -0.3 is 9.42 Å². The lowest BCUT2D eigenvalue weighted by atomic mass is 10.1. The van der Waals surface area contributed by atoms with Gasteiger partial charge in [0, 0.05) is 17.8 Å². The van der Waals surface area contributed by atoms with Gasteiger partial charge in [-0.25, -0.2) is 13.6 Å². The predicted molar refractivity (Wildman–Crippen MR) is 97.0 cm³/mol. The van der Waals surface area contributed by atoms with Crippen molar-refractivity contribution < 1.29 is 12.9 Å². The second-order valence-electron chi connectivity index (χ2n) is 6.33. The second-order valence-corrected chi connectivity index (χ2v) is 7.90. The van der Waals surface area contributed by atoms with Gasteiger partial charge in [0.05, 0.1) is 11.4 Å². The molecule has 3 aromatic rings. The van der Waals surface area contributed by atoms with Gasteiger partial charge in [-0.3, -0.25) is 0 Å². The molecule has 1 aromatic heterocycles. The first-order chi connectivity index (χ1) is 12.4. The highest BCUT2D eigenvalue weighted by molar-refractivity contribution is 7.89. The maximum absolute atomic E-state index is 11.5. The summed E-state index contributed by atoms with van der Waals surface area (Å²) in [5.74, 6) is 1.09. The molecule has 1 aliphatic rings. The summed E-state index contributed by atoms with van der Waals surface area (Å²) in [6, 6.07) is 12.8. The second kappa shape index (κ2) is 6.22. The SMILES string of the molecule is Cc1ccccc1-c1noc(CN2CCc3cc(S(N)(=O)=O)ccc32)n1. The molecule has 0 unspecified atom stereocenters. The van der Waals surface area contributed by atoms with Crippen LogP contribution in [0.2, 0.25) is 0 Å². The largest absolute Gasteiger partial charge is 0.362 e. The smallest absolute Gasteiger partial charge is 0.246 e. The van der Waals surface area contributed by atoms with Crippen LogP contribution in [0.3, 0.4) is 0 Å². The van der Waals surface area contributed by atoms with E-state index in [1.807, 2.05) is 31.2 Å². The molecular weight excluding hydrogens is 352 g/mol. The average Bonchev–Trinajstić information content (AvgIpc) is 3.22. The first-order valence-electron chi connectivity index (χ1n) is 8.21. The van der Waals surface area contributed by atoms with Crippen molar-refractivity contribution in [1.29, 1.82) is 0 Å². The van der Waals surface area contributed by atoms with Crippen LogP contribution in [0.4, 0.5) is 5.69 Å². The van der Waals surface area contributed by atoms with Crippen LogP contribution in [-0.4, -0.2) is 25.1 Å². The Labute approximate surface area is 151 Å². The van der Waals surface area contributed by atoms with E-state index < -0.39 is 10.0 Å². The number of hydrogen-bond donors (Lipinski definition) is 1. The third-order valence-corrected chi connectivity index (χ3v) is 5.46. The van der Waals surface area contributed by atoms with Crippen molar-refractivity contribution in [3.05, 3.63) is 59.5 Å². The maximum atomic E-state index is 11.5. The number of nitrogens with two attached hydrogens (primary N) is 1. The monoisotopic (exact) mass is 370 g/mol. The lowest BCUT2D eigenvalue weighted by Crippen LogP contribution is -2.20. The van der Waals surface area contributed by atoms with E-state index in [2.05, 4.69) is 15.0 Å². The molecule has 26 heavy (non-hydrogen) atoms. The topological polar surface area (TPSA) is 102 Å². The van der Waals surface area contributed by atoms with Gasteiger partial charge in [-0.15, -0.1) is 0 Å². The molecule has 0 spiro atoms. The van der Waals surface area contributed by atoms with Gasteiger partial charge in [0.2, 0.25) is 21.7 Å². The molecule has 0 atom stereocenters. The lowest BCUT2D eigenvalue weighted by Gasteiger charge is -2.16. The molecule has 0 saturated carbocycles. The van der Waals surface area contributed by atoms with Crippen LogP contribution >= 0.6 is 0 Å². The third-order valence-electron chi connectivity index (χ3n) is 4.55. The fraction of sp³-hybridized carbons (Fsp3) is 0.222. The molecule has 0 saturated heterocycles. The van der Waals surface area contributed by atoms with Crippen LogP contribution in [0.1, 0.15) is 17.0 Å². The first kappa shape index (κ1) is 16.7. The van der Waals surface area contributed by atoms with Crippen LogP contribution < -0.4 is 10.0 Å². The summed E-state index contributed by atoms with van der Waals surface area (Å²) in [4.78, 5) is 6.73. The molecule has 4 rings (SSSR count). The van der Waals surface area contributed by atoms with E-state index in [4.69, 9.17) is 9.66 Å². The number of aryl methyl sites for hydroxylation is 1. The molecule has 0 aliphatic carbocycles. The summed E-state index contributed by atoms with van der Waals surface area (Å²) >= 11 is 0. The summed E-state index contributed by atoms with van der Waals surface area (Å²) in [5, 5.41) is 9.29. The van der Waals surface area contributed by atoms with Crippen LogP contribution in [0.15, 0.2) is 51.9 Å². The molecule has 1 aliphatic heterocycles. The number of primary sulfonamides is 1. The number of benzene rings is 2. The predicted octanol–water partition coefficient (Wildman–Crippen LogP) is 2.26. The Morgan fingerprint density at radius 3 is 2.81 bits per heavy atom. The number of sulfonamides is 1. The van der Waals surface area contributed by atoms with Crippen molar-refractivity contribution in [1.82, 2.24) is 10.1 Å². The molecular formula is C18H18N4O3S. The lowest BCUT2D eigenvalue weighted by molar-refractivity contribution is 0.377. The maximum Gasteiger partial charge on any atom is 0.246 e. The molecule has 7 nitrogen and oxygen atoms in total. The number of hydrogen-bond acceptors (Lipinski definition) is 6.